The number of para-hydroxylation sites is 2. The minimum absolute atomic E-state index is 0. The summed E-state index contributed by atoms with van der Waals surface area (Å²) in [6.07, 6.45) is 9.22. The molecule has 8 heteroatoms. The van der Waals surface area contributed by atoms with Crippen molar-refractivity contribution in [2.75, 3.05) is 0 Å². The summed E-state index contributed by atoms with van der Waals surface area (Å²) in [6.45, 7) is 0. The molecule has 0 bridgehead atoms. The molecule has 6 aromatic carbocycles. The summed E-state index contributed by atoms with van der Waals surface area (Å²) in [5.41, 5.74) is 9.70. The molecule has 0 fully saturated rings. The first-order valence-electron chi connectivity index (χ1n) is 18.7. The fourth-order valence-corrected chi connectivity index (χ4v) is 7.91. The van der Waals surface area contributed by atoms with E-state index in [9.17, 15) is 0 Å². The van der Waals surface area contributed by atoms with Gasteiger partial charge in [0.05, 0.1) is 16.5 Å². The maximum absolute atomic E-state index is 6.57. The Morgan fingerprint density at radius 3 is 2.02 bits per heavy atom. The van der Waals surface area contributed by atoms with Crippen LogP contribution in [0.2, 0.25) is 0 Å². The molecule has 0 atom stereocenters. The van der Waals surface area contributed by atoms with E-state index in [1.807, 2.05) is 79.3 Å². The molecule has 274 valence electrons. The van der Waals surface area contributed by atoms with Gasteiger partial charge in [0, 0.05) is 65.2 Å². The largest absolute Gasteiger partial charge is 2.00 e. The van der Waals surface area contributed by atoms with Crippen molar-refractivity contribution in [1.82, 2.24) is 28.7 Å². The Balaban J connectivity index is 0.00000408. The summed E-state index contributed by atoms with van der Waals surface area (Å²) >= 11 is 0. The van der Waals surface area contributed by atoms with Gasteiger partial charge < -0.3 is 9.30 Å². The molecule has 0 N–H and O–H groups in total. The Labute approximate surface area is 348 Å². The maximum atomic E-state index is 6.57. The van der Waals surface area contributed by atoms with Crippen molar-refractivity contribution in [2.45, 2.75) is 0 Å². The molecule has 58 heavy (non-hydrogen) atoms. The molecule has 0 spiro atoms. The normalized spacial score (nSPS) is 11.9. The van der Waals surface area contributed by atoms with Gasteiger partial charge in [-0.15, -0.1) is 23.6 Å². The fourth-order valence-electron chi connectivity index (χ4n) is 7.91. The van der Waals surface area contributed by atoms with Crippen LogP contribution in [0.1, 0.15) is 0 Å². The van der Waals surface area contributed by atoms with Crippen LogP contribution in [0.25, 0.3) is 60.6 Å². The van der Waals surface area contributed by atoms with E-state index >= 15 is 0 Å². The second-order valence-electron chi connectivity index (χ2n) is 13.7. The molecule has 7 nitrogen and oxygen atoms in total. The number of ether oxygens (including phenoxy) is 1. The summed E-state index contributed by atoms with van der Waals surface area (Å²) in [7, 11) is 0. The smallest absolute Gasteiger partial charge is 0.509 e. The van der Waals surface area contributed by atoms with Crippen molar-refractivity contribution < 1.29 is 25.8 Å². The van der Waals surface area contributed by atoms with Crippen LogP contribution in [0.5, 0.6) is 11.5 Å². The van der Waals surface area contributed by atoms with Crippen LogP contribution >= 0.6 is 0 Å². The molecule has 4 aromatic heterocycles. The van der Waals surface area contributed by atoms with Gasteiger partial charge in [-0.3, -0.25) is 9.97 Å². The zero-order valence-corrected chi connectivity index (χ0v) is 33.0. The third kappa shape index (κ3) is 5.93. The molecular formula is C50H30N6OPt+2. The van der Waals surface area contributed by atoms with Crippen molar-refractivity contribution >= 4 is 61.3 Å². The summed E-state index contributed by atoms with van der Waals surface area (Å²) in [6, 6.07) is 62.4. The Kier molecular flexibility index (Phi) is 8.87. The summed E-state index contributed by atoms with van der Waals surface area (Å²) in [4.78, 5) is 13.7. The topological polar surface area (TPSA) is 58.9 Å². The number of fused-ring (bicyclic) bond motifs is 6. The van der Waals surface area contributed by atoms with Gasteiger partial charge in [-0.05, 0) is 69.9 Å². The van der Waals surface area contributed by atoms with Crippen LogP contribution in [-0.4, -0.2) is 25.5 Å². The van der Waals surface area contributed by atoms with Gasteiger partial charge in [0.2, 0.25) is 5.69 Å². The Bertz CT molecular complexity index is 3190. The molecular weight excluding hydrogens is 896 g/mol. The first kappa shape index (κ1) is 35.1. The molecule has 0 unspecified atom stereocenters. The standard InChI is InChI=1S/C50H30N6O.Pt/c1-2-16-40-34(11-1)22-25-46-50(40)55(49-41(35-12-9-26-51-31-35)18-8-19-42(49)36-13-10-27-52-32-36)33-54(46)37-14-7-15-38(29-37)57-39-23-24-44-43-17-3-4-20-45(43)56(47(44)30-39)48-21-5-6-28-53-48;/h1-28,31-32H;/q;+2. The van der Waals surface area contributed by atoms with Crippen LogP contribution in [-0.2, 0) is 21.1 Å². The van der Waals surface area contributed by atoms with E-state index in [0.29, 0.717) is 11.5 Å². The second-order valence-corrected chi connectivity index (χ2v) is 13.7. The summed E-state index contributed by atoms with van der Waals surface area (Å²) in [5.74, 6) is 1.95. The van der Waals surface area contributed by atoms with Crippen LogP contribution in [0.15, 0.2) is 183 Å². The monoisotopic (exact) mass is 925 g/mol. The number of hydrogen-bond acceptors (Lipinski definition) is 4. The summed E-state index contributed by atoms with van der Waals surface area (Å²) in [5, 5.41) is 4.43. The van der Waals surface area contributed by atoms with E-state index in [2.05, 4.69) is 138 Å². The molecule has 1 aliphatic heterocycles. The van der Waals surface area contributed by atoms with Gasteiger partial charge in [-0.2, -0.15) is 12.1 Å². The van der Waals surface area contributed by atoms with E-state index in [1.54, 1.807) is 12.4 Å². The number of nitrogens with zero attached hydrogens (tertiary/aromatic N) is 6. The van der Waals surface area contributed by atoms with Gasteiger partial charge in [-0.1, -0.05) is 82.9 Å². The minimum Gasteiger partial charge on any atom is -0.509 e. The Morgan fingerprint density at radius 2 is 1.26 bits per heavy atom. The zero-order valence-electron chi connectivity index (χ0n) is 30.7. The minimum atomic E-state index is 0. The number of rotatable bonds is 7. The molecule has 11 rings (SSSR count). The zero-order chi connectivity index (χ0) is 37.7. The number of hydrogen-bond donors (Lipinski definition) is 0. The van der Waals surface area contributed by atoms with Crippen LogP contribution in [0, 0.1) is 12.1 Å². The average Bonchev–Trinajstić information content (AvgIpc) is 3.83. The summed E-state index contributed by atoms with van der Waals surface area (Å²) < 4.78 is 12.9. The molecule has 5 heterocycles. The molecule has 0 saturated heterocycles. The molecule has 1 aliphatic rings. The number of pyridine rings is 3. The molecule has 0 radical (unpaired) electrons. The molecule has 0 amide bonds. The quantitative estimate of drug-likeness (QED) is 0.118. The van der Waals surface area contributed by atoms with Gasteiger partial charge in [0.25, 0.3) is 5.69 Å². The van der Waals surface area contributed by atoms with Crippen LogP contribution in [0.3, 0.4) is 0 Å². The van der Waals surface area contributed by atoms with Crippen molar-refractivity contribution in [3.63, 3.8) is 0 Å². The fraction of sp³-hybridized carbons (Fsp3) is 0. The van der Waals surface area contributed by atoms with Gasteiger partial charge in [0.1, 0.15) is 11.5 Å². The predicted molar refractivity (Wildman–Crippen MR) is 228 cm³/mol. The van der Waals surface area contributed by atoms with Crippen LogP contribution in [0.4, 0.5) is 22.7 Å². The van der Waals surface area contributed by atoms with Gasteiger partial charge in [0.15, 0.2) is 0 Å². The third-order valence-electron chi connectivity index (χ3n) is 10.4. The van der Waals surface area contributed by atoms with E-state index < -0.39 is 0 Å². The van der Waals surface area contributed by atoms with E-state index in [0.717, 1.165) is 83.4 Å². The molecule has 0 aliphatic carbocycles. The van der Waals surface area contributed by atoms with Crippen LogP contribution < -0.4 is 13.9 Å². The van der Waals surface area contributed by atoms with Gasteiger partial charge >= 0.3 is 32.8 Å². The molecule has 10 aromatic rings. The van der Waals surface area contributed by atoms with E-state index in [1.165, 1.54) is 0 Å². The van der Waals surface area contributed by atoms with Crippen molar-refractivity contribution in [3.05, 3.63) is 195 Å². The Morgan fingerprint density at radius 1 is 0.534 bits per heavy atom. The van der Waals surface area contributed by atoms with E-state index in [4.69, 9.17) is 4.74 Å². The first-order chi connectivity index (χ1) is 28.3. The van der Waals surface area contributed by atoms with Crippen molar-refractivity contribution in [2.24, 2.45) is 0 Å². The number of aromatic nitrogens is 4. The number of benzene rings is 6. The van der Waals surface area contributed by atoms with Crippen molar-refractivity contribution in [3.8, 4) is 39.6 Å². The third-order valence-corrected chi connectivity index (χ3v) is 10.4. The van der Waals surface area contributed by atoms with Gasteiger partial charge in [-0.25, -0.2) is 4.98 Å². The average molecular weight is 926 g/mol. The Hall–Kier alpha value is -7.30. The second kappa shape index (κ2) is 14.6. The molecule has 0 saturated carbocycles. The first-order valence-corrected chi connectivity index (χ1v) is 18.7. The van der Waals surface area contributed by atoms with E-state index in [-0.39, 0.29) is 21.1 Å². The predicted octanol–water partition coefficient (Wildman–Crippen LogP) is 11.7. The SMILES string of the molecule is C1=[N+](c2[c-]c(Oc3[c-]c4c(cc3)c3ccccc3n4-c3ccccn3)ccc2)c2ccc3ccccc3c2[N+]=1c1c(-c2cccnc2)cccc1-c1cccnc1.[Pt+2]. The maximum Gasteiger partial charge on any atom is 2.00 e. The van der Waals surface area contributed by atoms with Crippen molar-refractivity contribution in [1.29, 1.82) is 0 Å².